The van der Waals surface area contributed by atoms with Crippen LogP contribution in [0, 0.1) is 11.3 Å². The Bertz CT molecular complexity index is 1340. The van der Waals surface area contributed by atoms with Crippen molar-refractivity contribution in [2.24, 2.45) is 5.92 Å². The summed E-state index contributed by atoms with van der Waals surface area (Å²) in [6.45, 7) is 2.06. The van der Waals surface area contributed by atoms with Crippen molar-refractivity contribution in [3.63, 3.8) is 0 Å². The summed E-state index contributed by atoms with van der Waals surface area (Å²) in [5.41, 5.74) is 3.56. The molecule has 4 N–H and O–H groups in total. The molecule has 0 spiro atoms. The number of benzene rings is 1. The van der Waals surface area contributed by atoms with Crippen LogP contribution in [0.4, 0.5) is 19.0 Å². The first-order chi connectivity index (χ1) is 17.5. The van der Waals surface area contributed by atoms with E-state index in [-0.39, 0.29) is 29.9 Å². The third-order valence-corrected chi connectivity index (χ3v) is 6.00. The van der Waals surface area contributed by atoms with Gasteiger partial charge >= 0.3 is 12.1 Å². The van der Waals surface area contributed by atoms with Crippen molar-refractivity contribution in [1.29, 1.82) is 5.41 Å². The molecule has 196 valence electrons. The van der Waals surface area contributed by atoms with E-state index >= 15 is 0 Å². The second kappa shape index (κ2) is 10.2. The fourth-order valence-corrected chi connectivity index (χ4v) is 3.89. The number of nitrogens with zero attached hydrogens (tertiary/aromatic N) is 5. The number of rotatable bonds is 10. The second-order valence-corrected chi connectivity index (χ2v) is 9.13. The van der Waals surface area contributed by atoms with Gasteiger partial charge in [0, 0.05) is 39.1 Å². The molecule has 2 heterocycles. The van der Waals surface area contributed by atoms with Crippen molar-refractivity contribution in [2.45, 2.75) is 38.5 Å². The number of aromatic nitrogens is 4. The molecule has 1 saturated carbocycles. The minimum absolute atomic E-state index is 0.00534. The predicted octanol–water partition coefficient (Wildman–Crippen LogP) is 3.86. The highest BCUT2D eigenvalue weighted by Gasteiger charge is 2.31. The van der Waals surface area contributed by atoms with Crippen LogP contribution >= 0.6 is 0 Å². The second-order valence-electron chi connectivity index (χ2n) is 9.13. The number of nitrogens with one attached hydrogen (secondary N) is 3. The van der Waals surface area contributed by atoms with E-state index in [1.807, 2.05) is 6.92 Å². The number of fused-ring (bicyclic) bond motifs is 1. The van der Waals surface area contributed by atoms with Crippen LogP contribution in [0.25, 0.3) is 16.7 Å². The van der Waals surface area contributed by atoms with Crippen LogP contribution < -0.4 is 10.7 Å². The van der Waals surface area contributed by atoms with E-state index in [2.05, 4.69) is 25.7 Å². The lowest BCUT2D eigenvalue weighted by atomic mass is 10.1. The number of anilines is 1. The molecule has 4 rings (SSSR count). The summed E-state index contributed by atoms with van der Waals surface area (Å²) in [7, 11) is 3.52. The van der Waals surface area contributed by atoms with Gasteiger partial charge < -0.3 is 25.8 Å². The zero-order valence-corrected chi connectivity index (χ0v) is 20.5. The topological polar surface area (TPSA) is 132 Å². The Balaban J connectivity index is 1.90. The highest BCUT2D eigenvalue weighted by atomic mass is 19.4. The lowest BCUT2D eigenvalue weighted by Crippen LogP contribution is -2.25. The largest absolute Gasteiger partial charge is 0.475 e. The van der Waals surface area contributed by atoms with Crippen molar-refractivity contribution in [1.82, 2.24) is 30.0 Å². The highest BCUT2D eigenvalue weighted by molar-refractivity contribution is 6.08. The molecule has 37 heavy (non-hydrogen) atoms. The average molecular weight is 517 g/mol. The zero-order valence-electron chi connectivity index (χ0n) is 20.5. The summed E-state index contributed by atoms with van der Waals surface area (Å²) < 4.78 is 40.9. The zero-order chi connectivity index (χ0) is 26.9. The molecular weight excluding hydrogens is 489 g/mol. The lowest BCUT2D eigenvalue weighted by Gasteiger charge is -2.17. The van der Waals surface area contributed by atoms with Crippen LogP contribution in [0.3, 0.4) is 0 Å². The summed E-state index contributed by atoms with van der Waals surface area (Å²) in [5.74, 6) is -0.795. The number of carbonyl (C=O) groups is 1. The van der Waals surface area contributed by atoms with Crippen molar-refractivity contribution >= 4 is 34.7 Å². The Morgan fingerprint density at radius 2 is 1.92 bits per heavy atom. The minimum atomic E-state index is -4.46. The van der Waals surface area contributed by atoms with E-state index in [1.54, 1.807) is 29.9 Å². The SMILES string of the molecule is C[C@@H](Nc1nc(C(=O)O)nc2nc(/C(C=N)=C/NN(C)C)n(Cc3ccc(C(F)(F)F)cc3)c12)C1CC1. The van der Waals surface area contributed by atoms with Gasteiger partial charge in [-0.05, 0) is 43.4 Å². The molecule has 0 radical (unpaired) electrons. The Morgan fingerprint density at radius 3 is 2.46 bits per heavy atom. The van der Waals surface area contributed by atoms with Crippen molar-refractivity contribution in [3.05, 3.63) is 53.2 Å². The van der Waals surface area contributed by atoms with E-state index in [4.69, 9.17) is 5.41 Å². The van der Waals surface area contributed by atoms with E-state index in [1.165, 1.54) is 12.1 Å². The first-order valence-corrected chi connectivity index (χ1v) is 11.6. The fourth-order valence-electron chi connectivity index (χ4n) is 3.89. The first-order valence-electron chi connectivity index (χ1n) is 11.6. The van der Waals surface area contributed by atoms with Crippen LogP contribution in [0.5, 0.6) is 0 Å². The molecular formula is C24H27F3N8O2. The molecule has 10 nitrogen and oxygen atoms in total. The maximum atomic E-state index is 13.1. The lowest BCUT2D eigenvalue weighted by molar-refractivity contribution is -0.137. The molecule has 1 atom stereocenters. The van der Waals surface area contributed by atoms with E-state index in [9.17, 15) is 23.1 Å². The number of allylic oxidation sites excluding steroid dienone is 1. The molecule has 0 aliphatic heterocycles. The summed E-state index contributed by atoms with van der Waals surface area (Å²) in [6, 6.07) is 4.75. The number of imidazole rings is 1. The smallest absolute Gasteiger partial charge is 0.416 e. The molecule has 1 aliphatic rings. The first kappa shape index (κ1) is 26.1. The summed E-state index contributed by atoms with van der Waals surface area (Å²) in [4.78, 5) is 24.6. The van der Waals surface area contributed by atoms with Gasteiger partial charge in [-0.1, -0.05) is 12.1 Å². The van der Waals surface area contributed by atoms with Crippen LogP contribution in [0.1, 0.15) is 47.3 Å². The molecule has 1 aliphatic carbocycles. The van der Waals surface area contributed by atoms with Gasteiger partial charge in [0.1, 0.15) is 11.3 Å². The molecule has 13 heteroatoms. The van der Waals surface area contributed by atoms with Gasteiger partial charge in [-0.3, -0.25) is 0 Å². The molecule has 2 aromatic heterocycles. The molecule has 0 unspecified atom stereocenters. The number of halogens is 3. The van der Waals surface area contributed by atoms with E-state index in [0.29, 0.717) is 22.6 Å². The number of carboxylic acids is 1. The van der Waals surface area contributed by atoms with Crippen LogP contribution in [-0.2, 0) is 12.7 Å². The maximum absolute atomic E-state index is 13.1. The third-order valence-electron chi connectivity index (χ3n) is 6.00. The van der Waals surface area contributed by atoms with Gasteiger partial charge in [-0.25, -0.2) is 24.8 Å². The van der Waals surface area contributed by atoms with Gasteiger partial charge in [-0.15, -0.1) is 0 Å². The monoisotopic (exact) mass is 516 g/mol. The van der Waals surface area contributed by atoms with Crippen molar-refractivity contribution in [3.8, 4) is 0 Å². The van der Waals surface area contributed by atoms with Gasteiger partial charge in [0.2, 0.25) is 5.82 Å². The van der Waals surface area contributed by atoms with Gasteiger partial charge in [0.05, 0.1) is 11.1 Å². The minimum Gasteiger partial charge on any atom is -0.475 e. The quantitative estimate of drug-likeness (QED) is 0.236. The Hall–Kier alpha value is -4.00. The summed E-state index contributed by atoms with van der Waals surface area (Å²) >= 11 is 0. The van der Waals surface area contributed by atoms with Gasteiger partial charge in [0.25, 0.3) is 0 Å². The number of hydrogen-bond acceptors (Lipinski definition) is 8. The Labute approximate surface area is 210 Å². The Morgan fingerprint density at radius 1 is 1.24 bits per heavy atom. The number of carboxylic acid groups (broad SMARTS) is 1. The van der Waals surface area contributed by atoms with Gasteiger partial charge in [0.15, 0.2) is 11.5 Å². The molecule has 0 bridgehead atoms. The highest BCUT2D eigenvalue weighted by Crippen LogP contribution is 2.35. The standard InChI is InChI=1S/C24H27F3N8O2/c1-13(15-6-7-15)30-19-18-20(32-21(31-19)23(36)37)33-22(16(10-28)11-29-34(2)3)35(18)12-14-4-8-17(9-5-14)24(25,26)27/h4-5,8-11,13,15,28-29H,6-7,12H2,1-3H3,(H,36,37)(H,30,31,32)/b16-11+,28-10?/t13-/m1/s1. The van der Waals surface area contributed by atoms with E-state index in [0.717, 1.165) is 31.2 Å². The molecule has 0 saturated heterocycles. The van der Waals surface area contributed by atoms with E-state index < -0.39 is 23.5 Å². The average Bonchev–Trinajstić information content (AvgIpc) is 3.62. The molecule has 1 fully saturated rings. The Kier molecular flexibility index (Phi) is 7.16. The maximum Gasteiger partial charge on any atom is 0.416 e. The number of hydrazine groups is 1. The number of aromatic carboxylic acids is 1. The number of alkyl halides is 3. The molecule has 3 aromatic rings. The molecule has 1 aromatic carbocycles. The van der Waals surface area contributed by atoms with Crippen LogP contribution in [0.2, 0.25) is 0 Å². The summed E-state index contributed by atoms with van der Waals surface area (Å²) in [5, 5.41) is 22.5. The number of hydrogen-bond donors (Lipinski definition) is 4. The predicted molar refractivity (Wildman–Crippen MR) is 132 cm³/mol. The third kappa shape index (κ3) is 5.88. The molecule has 0 amide bonds. The van der Waals surface area contributed by atoms with Crippen molar-refractivity contribution in [2.75, 3.05) is 19.4 Å². The van der Waals surface area contributed by atoms with Crippen molar-refractivity contribution < 1.29 is 23.1 Å². The van der Waals surface area contributed by atoms with Crippen LogP contribution in [-0.4, -0.2) is 62.0 Å². The normalized spacial score (nSPS) is 15.2. The van der Waals surface area contributed by atoms with Crippen LogP contribution in [0.15, 0.2) is 30.5 Å². The summed E-state index contributed by atoms with van der Waals surface area (Å²) in [6.07, 6.45) is 0.244. The van der Waals surface area contributed by atoms with Gasteiger partial charge in [-0.2, -0.15) is 13.2 Å². The fraction of sp³-hybridized carbons (Fsp3) is 0.375.